The quantitative estimate of drug-likeness (QED) is 0.219. The van der Waals surface area contributed by atoms with Crippen molar-refractivity contribution in [3.05, 3.63) is 12.7 Å². The van der Waals surface area contributed by atoms with Crippen molar-refractivity contribution in [3.63, 3.8) is 0 Å². The van der Waals surface area contributed by atoms with Gasteiger partial charge in [0.25, 0.3) is 0 Å². The van der Waals surface area contributed by atoms with E-state index in [9.17, 15) is 0 Å². The molecule has 0 amide bonds. The summed E-state index contributed by atoms with van der Waals surface area (Å²) in [5, 5.41) is 0. The highest BCUT2D eigenvalue weighted by Gasteiger charge is 2.53. The van der Waals surface area contributed by atoms with Gasteiger partial charge in [-0.05, 0) is 44.6 Å². The first-order valence-electron chi connectivity index (χ1n) is 10.9. The monoisotopic (exact) mass is 372 g/mol. The SMILES string of the molecule is C=CC[P+](N(CCC)CCC)(N(CCC)CCC)N(CCC)CCC. The molecule has 25 heavy (non-hydrogen) atoms. The van der Waals surface area contributed by atoms with Crippen molar-refractivity contribution in [1.29, 1.82) is 0 Å². The average molecular weight is 373 g/mol. The van der Waals surface area contributed by atoms with E-state index in [2.05, 4.69) is 68.2 Å². The lowest BCUT2D eigenvalue weighted by Crippen LogP contribution is -2.48. The second-order valence-corrected chi connectivity index (χ2v) is 10.5. The third kappa shape index (κ3) is 7.29. The van der Waals surface area contributed by atoms with Crippen molar-refractivity contribution >= 4 is 7.71 Å². The Hall–Kier alpha value is 0.0500. The molecule has 0 unspecified atom stereocenters. The summed E-state index contributed by atoms with van der Waals surface area (Å²) in [6, 6.07) is 0. The summed E-state index contributed by atoms with van der Waals surface area (Å²) in [7, 11) is -1.54. The molecular formula is C21H47N3P+. The highest BCUT2D eigenvalue weighted by atomic mass is 31.2. The van der Waals surface area contributed by atoms with E-state index in [4.69, 9.17) is 0 Å². The van der Waals surface area contributed by atoms with Gasteiger partial charge in [0.1, 0.15) is 6.16 Å². The first-order valence-corrected chi connectivity index (χ1v) is 12.7. The molecule has 0 bridgehead atoms. The molecule has 0 heterocycles. The van der Waals surface area contributed by atoms with E-state index in [1.165, 1.54) is 77.8 Å². The maximum Gasteiger partial charge on any atom is 0.231 e. The van der Waals surface area contributed by atoms with Gasteiger partial charge in [0.2, 0.25) is 7.71 Å². The molecule has 0 saturated heterocycles. The molecule has 4 heteroatoms. The molecule has 0 spiro atoms. The summed E-state index contributed by atoms with van der Waals surface area (Å²) < 4.78 is 8.64. The molecule has 0 N–H and O–H groups in total. The molecule has 0 aromatic rings. The summed E-state index contributed by atoms with van der Waals surface area (Å²) >= 11 is 0. The zero-order chi connectivity index (χ0) is 19.1. The summed E-state index contributed by atoms with van der Waals surface area (Å²) in [6.07, 6.45) is 10.7. The van der Waals surface area contributed by atoms with Crippen LogP contribution in [0.25, 0.3) is 0 Å². The van der Waals surface area contributed by atoms with Crippen LogP contribution in [0.5, 0.6) is 0 Å². The molecule has 0 aliphatic heterocycles. The molecule has 0 radical (unpaired) electrons. The van der Waals surface area contributed by atoms with Crippen LogP contribution in [0.3, 0.4) is 0 Å². The summed E-state index contributed by atoms with van der Waals surface area (Å²) in [5.74, 6) is 0. The zero-order valence-corrected chi connectivity index (χ0v) is 19.2. The Labute approximate surface area is 160 Å². The molecule has 0 aliphatic carbocycles. The lowest BCUT2D eigenvalue weighted by Gasteiger charge is -2.48. The Kier molecular flexibility index (Phi) is 15.2. The predicted octanol–water partition coefficient (Wildman–Crippen LogP) is 6.30. The van der Waals surface area contributed by atoms with E-state index in [1.807, 2.05) is 0 Å². The Bertz CT molecular complexity index is 263. The highest BCUT2D eigenvalue weighted by molar-refractivity contribution is 7.69. The van der Waals surface area contributed by atoms with Crippen LogP contribution in [-0.2, 0) is 0 Å². The van der Waals surface area contributed by atoms with Gasteiger partial charge in [0.15, 0.2) is 0 Å². The third-order valence-electron chi connectivity index (χ3n) is 4.62. The van der Waals surface area contributed by atoms with Crippen LogP contribution in [0.2, 0.25) is 0 Å². The zero-order valence-electron chi connectivity index (χ0n) is 18.3. The number of nitrogens with zero attached hydrogens (tertiary/aromatic N) is 3. The van der Waals surface area contributed by atoms with E-state index in [-0.39, 0.29) is 0 Å². The lowest BCUT2D eigenvalue weighted by atomic mass is 10.4. The Balaban J connectivity index is 6.19. The van der Waals surface area contributed by atoms with E-state index in [0.717, 1.165) is 6.16 Å². The molecule has 0 rings (SSSR count). The van der Waals surface area contributed by atoms with Crippen LogP contribution in [0, 0.1) is 0 Å². The van der Waals surface area contributed by atoms with E-state index < -0.39 is 7.71 Å². The number of hydrogen-bond acceptors (Lipinski definition) is 3. The number of allylic oxidation sites excluding steroid dienone is 1. The minimum atomic E-state index is -1.54. The topological polar surface area (TPSA) is 9.72 Å². The molecule has 3 nitrogen and oxygen atoms in total. The van der Waals surface area contributed by atoms with Crippen LogP contribution >= 0.6 is 7.71 Å². The van der Waals surface area contributed by atoms with Crippen LogP contribution in [0.1, 0.15) is 80.1 Å². The van der Waals surface area contributed by atoms with Crippen LogP contribution in [0.15, 0.2) is 12.7 Å². The second kappa shape index (κ2) is 15.1. The molecule has 150 valence electrons. The normalized spacial score (nSPS) is 12.5. The maximum absolute atomic E-state index is 4.20. The highest BCUT2D eigenvalue weighted by Crippen LogP contribution is 2.67. The van der Waals surface area contributed by atoms with Gasteiger partial charge in [0, 0.05) is 39.3 Å². The minimum Gasteiger partial charge on any atom is -0.148 e. The van der Waals surface area contributed by atoms with Crippen molar-refractivity contribution in [1.82, 2.24) is 14.0 Å². The van der Waals surface area contributed by atoms with Crippen molar-refractivity contribution in [2.75, 3.05) is 45.4 Å². The third-order valence-corrected chi connectivity index (χ3v) is 9.29. The maximum atomic E-state index is 4.20. The van der Waals surface area contributed by atoms with Gasteiger partial charge in [-0.3, -0.25) is 0 Å². The molecule has 0 aliphatic rings. The van der Waals surface area contributed by atoms with Gasteiger partial charge in [-0.1, -0.05) is 48.1 Å². The smallest absolute Gasteiger partial charge is 0.148 e. The van der Waals surface area contributed by atoms with Gasteiger partial charge < -0.3 is 0 Å². The first kappa shape index (κ1) is 25.1. The van der Waals surface area contributed by atoms with Crippen molar-refractivity contribution in [3.8, 4) is 0 Å². The van der Waals surface area contributed by atoms with E-state index in [0.29, 0.717) is 0 Å². The first-order chi connectivity index (χ1) is 12.1. The predicted molar refractivity (Wildman–Crippen MR) is 118 cm³/mol. The van der Waals surface area contributed by atoms with Gasteiger partial charge in [-0.25, -0.2) is 0 Å². The van der Waals surface area contributed by atoms with Crippen LogP contribution in [0.4, 0.5) is 0 Å². The van der Waals surface area contributed by atoms with E-state index >= 15 is 0 Å². The van der Waals surface area contributed by atoms with Gasteiger partial charge in [-0.2, -0.15) is 0 Å². The van der Waals surface area contributed by atoms with Crippen molar-refractivity contribution in [2.45, 2.75) is 80.1 Å². The van der Waals surface area contributed by atoms with Crippen LogP contribution < -0.4 is 0 Å². The fourth-order valence-corrected chi connectivity index (χ4v) is 9.14. The van der Waals surface area contributed by atoms with Gasteiger partial charge in [-0.15, -0.1) is 14.0 Å². The Morgan fingerprint density at radius 2 is 0.800 bits per heavy atom. The lowest BCUT2D eigenvalue weighted by molar-refractivity contribution is 0.295. The van der Waals surface area contributed by atoms with Gasteiger partial charge >= 0.3 is 0 Å². The molecule has 0 saturated carbocycles. The molecule has 0 aromatic heterocycles. The summed E-state index contributed by atoms with van der Waals surface area (Å²) in [4.78, 5) is 0. The molecule has 0 fully saturated rings. The Morgan fingerprint density at radius 1 is 0.560 bits per heavy atom. The summed E-state index contributed by atoms with van der Waals surface area (Å²) in [6.45, 7) is 25.5. The minimum absolute atomic E-state index is 1.13. The average Bonchev–Trinajstić information content (AvgIpc) is 2.59. The Morgan fingerprint density at radius 3 is 0.960 bits per heavy atom. The fraction of sp³-hybridized carbons (Fsp3) is 0.905. The van der Waals surface area contributed by atoms with Crippen molar-refractivity contribution in [2.24, 2.45) is 0 Å². The molecule has 0 aromatic carbocycles. The van der Waals surface area contributed by atoms with Gasteiger partial charge in [0.05, 0.1) is 0 Å². The standard InChI is InChI=1S/C21H47N3P/c1-8-15-22(16-9-2)25(21-14-7,23(17-10-3)18-11-4)24(19-12-5)20-13-6/h14H,7-13,15-21H2,1-6H3/q+1. The summed E-state index contributed by atoms with van der Waals surface area (Å²) in [5.41, 5.74) is 0. The fourth-order valence-electron chi connectivity index (χ4n) is 3.90. The van der Waals surface area contributed by atoms with E-state index in [1.54, 1.807) is 0 Å². The second-order valence-electron chi connectivity index (χ2n) is 7.02. The number of hydrogen-bond donors (Lipinski definition) is 0. The largest absolute Gasteiger partial charge is 0.231 e. The molecular weight excluding hydrogens is 325 g/mol. The molecule has 0 atom stereocenters. The van der Waals surface area contributed by atoms with Crippen molar-refractivity contribution < 1.29 is 0 Å². The van der Waals surface area contributed by atoms with Crippen LogP contribution in [-0.4, -0.2) is 59.4 Å². The number of rotatable bonds is 17.